The van der Waals surface area contributed by atoms with E-state index in [1.807, 2.05) is 19.1 Å². The summed E-state index contributed by atoms with van der Waals surface area (Å²) < 4.78 is 10.6. The van der Waals surface area contributed by atoms with Gasteiger partial charge in [0.1, 0.15) is 6.61 Å². The third-order valence-corrected chi connectivity index (χ3v) is 1.81. The van der Waals surface area contributed by atoms with Crippen molar-refractivity contribution in [2.24, 2.45) is 0 Å². The first-order valence-electron chi connectivity index (χ1n) is 4.60. The van der Waals surface area contributed by atoms with Crippen LogP contribution in [-0.4, -0.2) is 18.8 Å². The van der Waals surface area contributed by atoms with Crippen molar-refractivity contribution >= 4 is 0 Å². The van der Waals surface area contributed by atoms with Crippen molar-refractivity contribution in [3.63, 3.8) is 0 Å². The molecule has 0 fully saturated rings. The molecule has 1 N–H and O–H groups in total. The zero-order valence-electron chi connectivity index (χ0n) is 8.49. The van der Waals surface area contributed by atoms with Crippen LogP contribution in [0.2, 0.25) is 0 Å². The second-order valence-electron chi connectivity index (χ2n) is 2.86. The number of ether oxygens (including phenoxy) is 2. The molecule has 0 saturated carbocycles. The van der Waals surface area contributed by atoms with E-state index in [1.54, 1.807) is 13.2 Å². The van der Waals surface area contributed by atoms with Gasteiger partial charge in [0.25, 0.3) is 0 Å². The van der Waals surface area contributed by atoms with Gasteiger partial charge in [0.2, 0.25) is 0 Å². The average Bonchev–Trinajstić information content (AvgIpc) is 2.25. The summed E-state index contributed by atoms with van der Waals surface area (Å²) in [6.07, 6.45) is 0.941. The van der Waals surface area contributed by atoms with Gasteiger partial charge in [-0.15, -0.1) is 0 Å². The van der Waals surface area contributed by atoms with Gasteiger partial charge in [0.15, 0.2) is 11.5 Å². The molecule has 0 bridgehead atoms. The summed E-state index contributed by atoms with van der Waals surface area (Å²) in [6, 6.07) is 5.40. The highest BCUT2D eigenvalue weighted by Crippen LogP contribution is 2.31. The number of aliphatic hydroxyl groups is 1. The van der Waals surface area contributed by atoms with Crippen molar-refractivity contribution in [2.45, 2.75) is 13.3 Å². The van der Waals surface area contributed by atoms with Gasteiger partial charge in [-0.3, -0.25) is 0 Å². The largest absolute Gasteiger partial charge is 0.492 e. The molecule has 0 aliphatic carbocycles. The Morgan fingerprint density at radius 2 is 2.21 bits per heavy atom. The molecule has 0 atom stereocenters. The van der Waals surface area contributed by atoms with Crippen LogP contribution in [-0.2, 0) is 0 Å². The summed E-state index contributed by atoms with van der Waals surface area (Å²) in [5.41, 5.74) is 0.626. The van der Waals surface area contributed by atoms with Crippen molar-refractivity contribution in [3.05, 3.63) is 30.4 Å². The lowest BCUT2D eigenvalue weighted by molar-refractivity contribution is 0.291. The Hall–Kier alpha value is -1.22. The monoisotopic (exact) mass is 195 g/mol. The van der Waals surface area contributed by atoms with Crippen LogP contribution in [0.1, 0.15) is 18.9 Å². The summed E-state index contributed by atoms with van der Waals surface area (Å²) in [6.45, 7) is 3.69. The summed E-state index contributed by atoms with van der Waals surface area (Å²) in [4.78, 5) is 0. The van der Waals surface area contributed by atoms with Gasteiger partial charge in [-0.25, -0.2) is 0 Å². The molecule has 0 amide bonds. The SMILES string of the molecule is CCCOc1cccc([CH]O)c1OC. The number of aliphatic hydroxyl groups excluding tert-OH is 1. The normalized spacial score (nSPS) is 9.93. The Balaban J connectivity index is 2.90. The number of para-hydroxylation sites is 1. The van der Waals surface area contributed by atoms with E-state index >= 15 is 0 Å². The number of benzene rings is 1. The van der Waals surface area contributed by atoms with Gasteiger partial charge in [0, 0.05) is 5.56 Å². The lowest BCUT2D eigenvalue weighted by Gasteiger charge is -2.12. The smallest absolute Gasteiger partial charge is 0.166 e. The molecule has 1 rings (SSSR count). The highest BCUT2D eigenvalue weighted by molar-refractivity contribution is 5.48. The van der Waals surface area contributed by atoms with E-state index in [2.05, 4.69) is 0 Å². The van der Waals surface area contributed by atoms with Gasteiger partial charge in [0.05, 0.1) is 13.7 Å². The van der Waals surface area contributed by atoms with Crippen LogP contribution >= 0.6 is 0 Å². The maximum atomic E-state index is 8.94. The topological polar surface area (TPSA) is 38.7 Å². The Labute approximate surface area is 84.3 Å². The van der Waals surface area contributed by atoms with E-state index < -0.39 is 0 Å². The van der Waals surface area contributed by atoms with Crippen LogP contribution < -0.4 is 9.47 Å². The fraction of sp³-hybridized carbons (Fsp3) is 0.364. The molecular weight excluding hydrogens is 180 g/mol. The fourth-order valence-electron chi connectivity index (χ4n) is 1.18. The minimum Gasteiger partial charge on any atom is -0.492 e. The lowest BCUT2D eigenvalue weighted by atomic mass is 10.2. The number of methoxy groups -OCH3 is 1. The van der Waals surface area contributed by atoms with E-state index in [0.717, 1.165) is 13.0 Å². The van der Waals surface area contributed by atoms with Crippen molar-refractivity contribution in [1.29, 1.82) is 0 Å². The molecule has 0 aliphatic heterocycles. The quantitative estimate of drug-likeness (QED) is 0.783. The number of rotatable bonds is 5. The van der Waals surface area contributed by atoms with Gasteiger partial charge in [-0.1, -0.05) is 19.1 Å². The van der Waals surface area contributed by atoms with Crippen LogP contribution in [0.5, 0.6) is 11.5 Å². The zero-order valence-corrected chi connectivity index (χ0v) is 8.49. The second kappa shape index (κ2) is 5.50. The van der Waals surface area contributed by atoms with Crippen LogP contribution in [0.25, 0.3) is 0 Å². The second-order valence-corrected chi connectivity index (χ2v) is 2.86. The maximum absolute atomic E-state index is 8.94. The average molecular weight is 195 g/mol. The van der Waals surface area contributed by atoms with E-state index in [1.165, 1.54) is 0 Å². The first kappa shape index (κ1) is 10.9. The summed E-state index contributed by atoms with van der Waals surface area (Å²) in [5, 5.41) is 8.94. The Morgan fingerprint density at radius 3 is 2.79 bits per heavy atom. The molecule has 0 spiro atoms. The van der Waals surface area contributed by atoms with Crippen LogP contribution in [0.4, 0.5) is 0 Å². The molecule has 1 radical (unpaired) electrons. The Morgan fingerprint density at radius 1 is 1.43 bits per heavy atom. The molecule has 1 aromatic carbocycles. The molecule has 14 heavy (non-hydrogen) atoms. The van der Waals surface area contributed by atoms with E-state index in [0.29, 0.717) is 23.7 Å². The third-order valence-electron chi connectivity index (χ3n) is 1.81. The van der Waals surface area contributed by atoms with Crippen molar-refractivity contribution in [3.8, 4) is 11.5 Å². The molecule has 0 aromatic heterocycles. The van der Waals surface area contributed by atoms with Gasteiger partial charge < -0.3 is 14.6 Å². The summed E-state index contributed by atoms with van der Waals surface area (Å²) >= 11 is 0. The predicted octanol–water partition coefficient (Wildman–Crippen LogP) is 2.37. The summed E-state index contributed by atoms with van der Waals surface area (Å²) in [5.74, 6) is 1.24. The number of hydrogen-bond donors (Lipinski definition) is 1. The minimum atomic E-state index is 0.573. The van der Waals surface area contributed by atoms with E-state index in [-0.39, 0.29) is 0 Å². The molecule has 0 heterocycles. The van der Waals surface area contributed by atoms with Crippen molar-refractivity contribution in [1.82, 2.24) is 0 Å². The minimum absolute atomic E-state index is 0.573. The molecule has 77 valence electrons. The standard InChI is InChI=1S/C11H15O3/c1-3-7-14-10-6-4-5-9(8-12)11(10)13-2/h4-6,8,12H,3,7H2,1-2H3. The Kier molecular flexibility index (Phi) is 4.26. The zero-order chi connectivity index (χ0) is 10.4. The van der Waals surface area contributed by atoms with Gasteiger partial charge >= 0.3 is 0 Å². The third kappa shape index (κ3) is 2.39. The molecule has 0 saturated heterocycles. The lowest BCUT2D eigenvalue weighted by Crippen LogP contribution is -1.99. The van der Waals surface area contributed by atoms with Crippen molar-refractivity contribution < 1.29 is 14.6 Å². The first-order chi connectivity index (χ1) is 6.83. The molecular formula is C11H15O3. The van der Waals surface area contributed by atoms with E-state index in [4.69, 9.17) is 14.6 Å². The van der Waals surface area contributed by atoms with Gasteiger partial charge in [-0.2, -0.15) is 0 Å². The molecule has 3 heteroatoms. The van der Waals surface area contributed by atoms with E-state index in [9.17, 15) is 0 Å². The molecule has 1 aromatic rings. The van der Waals surface area contributed by atoms with Gasteiger partial charge in [-0.05, 0) is 12.5 Å². The molecule has 0 unspecified atom stereocenters. The van der Waals surface area contributed by atoms with Crippen LogP contribution in [0.3, 0.4) is 0 Å². The predicted molar refractivity (Wildman–Crippen MR) is 54.1 cm³/mol. The molecule has 0 aliphatic rings. The molecule has 3 nitrogen and oxygen atoms in total. The highest BCUT2D eigenvalue weighted by atomic mass is 16.5. The highest BCUT2D eigenvalue weighted by Gasteiger charge is 2.08. The first-order valence-corrected chi connectivity index (χ1v) is 4.60. The summed E-state index contributed by atoms with van der Waals surface area (Å²) in [7, 11) is 1.56. The van der Waals surface area contributed by atoms with Crippen LogP contribution in [0, 0.1) is 6.61 Å². The maximum Gasteiger partial charge on any atom is 0.166 e. The van der Waals surface area contributed by atoms with Crippen LogP contribution in [0.15, 0.2) is 18.2 Å². The van der Waals surface area contributed by atoms with Crippen molar-refractivity contribution in [2.75, 3.05) is 13.7 Å². The number of hydrogen-bond acceptors (Lipinski definition) is 3. The Bertz CT molecular complexity index is 284. The fourth-order valence-corrected chi connectivity index (χ4v) is 1.18.